The zero-order valence-electron chi connectivity index (χ0n) is 18.2. The van der Waals surface area contributed by atoms with Gasteiger partial charge in [-0.2, -0.15) is 0 Å². The Morgan fingerprint density at radius 3 is 2.15 bits per heavy atom. The first-order valence-electron chi connectivity index (χ1n) is 10.5. The lowest BCUT2D eigenvalue weighted by Crippen LogP contribution is -2.49. The molecule has 1 aliphatic rings. The second-order valence-corrected chi connectivity index (χ2v) is 8.49. The van der Waals surface area contributed by atoms with Crippen molar-refractivity contribution in [1.82, 2.24) is 15.6 Å². The Kier molecular flexibility index (Phi) is 7.25. The van der Waals surface area contributed by atoms with Crippen LogP contribution in [0.5, 0.6) is 11.6 Å². The van der Waals surface area contributed by atoms with Crippen molar-refractivity contribution in [2.75, 3.05) is 0 Å². The Morgan fingerprint density at radius 2 is 1.58 bits per heavy atom. The Balaban J connectivity index is 1.60. The molecule has 2 amide bonds. The second kappa shape index (κ2) is 9.93. The number of nitrogens with one attached hydrogen (secondary N) is 2. The number of hydrogen-bond donors (Lipinski definition) is 3. The van der Waals surface area contributed by atoms with Crippen molar-refractivity contribution in [3.8, 4) is 11.6 Å². The van der Waals surface area contributed by atoms with E-state index in [-0.39, 0.29) is 29.3 Å². The fourth-order valence-corrected chi connectivity index (χ4v) is 3.39. The van der Waals surface area contributed by atoms with E-state index in [9.17, 15) is 28.3 Å². The molecule has 1 saturated carbocycles. The number of rotatable bonds is 7. The smallest absolute Gasteiger partial charge is 0.318 e. The molecule has 3 N–H and O–H groups in total. The number of nitrogens with zero attached hydrogens (tertiary/aromatic N) is 1. The number of carbonyl (C=O) groups excluding carboxylic acids is 2. The van der Waals surface area contributed by atoms with E-state index in [2.05, 4.69) is 15.6 Å². The average Bonchev–Trinajstić information content (AvgIpc) is 2.77. The molecule has 0 aliphatic heterocycles. The number of amides is 2. The number of carboxylic acids is 1. The predicted molar refractivity (Wildman–Crippen MR) is 114 cm³/mol. The van der Waals surface area contributed by atoms with Crippen molar-refractivity contribution in [3.63, 3.8) is 0 Å². The SMILES string of the molecule is CC(C)(C(=O)O)C(=O)NC1CCC(NC(=O)c2cc(F)cnc2Oc2ccc(F)cc2)CC1. The van der Waals surface area contributed by atoms with Gasteiger partial charge in [0.25, 0.3) is 5.91 Å². The molecular formula is C23H25F2N3O5. The van der Waals surface area contributed by atoms with Gasteiger partial charge in [-0.25, -0.2) is 13.8 Å². The summed E-state index contributed by atoms with van der Waals surface area (Å²) in [5.41, 5.74) is -1.63. The van der Waals surface area contributed by atoms with Gasteiger partial charge in [-0.3, -0.25) is 14.4 Å². The molecule has 2 aromatic rings. The Hall–Kier alpha value is -3.56. The van der Waals surface area contributed by atoms with Crippen LogP contribution in [0.15, 0.2) is 36.5 Å². The molecule has 1 fully saturated rings. The van der Waals surface area contributed by atoms with E-state index in [0.717, 1.165) is 12.3 Å². The number of carbonyl (C=O) groups is 3. The lowest BCUT2D eigenvalue weighted by molar-refractivity contribution is -0.153. The number of ether oxygens (including phenoxy) is 1. The highest BCUT2D eigenvalue weighted by molar-refractivity contribution is 6.01. The summed E-state index contributed by atoms with van der Waals surface area (Å²) >= 11 is 0. The largest absolute Gasteiger partial charge is 0.480 e. The maximum Gasteiger partial charge on any atom is 0.318 e. The van der Waals surface area contributed by atoms with Crippen LogP contribution in [0.2, 0.25) is 0 Å². The molecule has 0 bridgehead atoms. The molecule has 0 spiro atoms. The average molecular weight is 461 g/mol. The lowest BCUT2D eigenvalue weighted by atomic mass is 9.88. The van der Waals surface area contributed by atoms with Crippen molar-refractivity contribution < 1.29 is 33.0 Å². The molecule has 176 valence electrons. The predicted octanol–water partition coefficient (Wildman–Crippen LogP) is 3.42. The molecule has 0 atom stereocenters. The first-order chi connectivity index (χ1) is 15.6. The molecule has 33 heavy (non-hydrogen) atoms. The van der Waals surface area contributed by atoms with Crippen molar-refractivity contribution in [2.24, 2.45) is 5.41 Å². The standard InChI is InChI=1S/C23H25F2N3O5/c1-23(2,22(31)32)21(30)28-16-7-5-15(6-8-16)27-19(29)18-11-14(25)12-26-20(18)33-17-9-3-13(24)4-10-17/h3-4,9-12,15-16H,5-8H2,1-2H3,(H,27,29)(H,28,30)(H,31,32). The van der Waals surface area contributed by atoms with Crippen LogP contribution in [0.3, 0.4) is 0 Å². The molecule has 0 radical (unpaired) electrons. The van der Waals surface area contributed by atoms with Crippen LogP contribution in [-0.4, -0.2) is 40.0 Å². The molecule has 10 heteroatoms. The summed E-state index contributed by atoms with van der Waals surface area (Å²) in [7, 11) is 0. The second-order valence-electron chi connectivity index (χ2n) is 8.49. The summed E-state index contributed by atoms with van der Waals surface area (Å²) in [6, 6.07) is 5.70. The number of hydrogen-bond acceptors (Lipinski definition) is 5. The Bertz CT molecular complexity index is 1030. The molecule has 3 rings (SSSR count). The van der Waals surface area contributed by atoms with Gasteiger partial charge >= 0.3 is 5.97 Å². The zero-order valence-corrected chi connectivity index (χ0v) is 18.2. The van der Waals surface area contributed by atoms with E-state index in [4.69, 9.17) is 4.74 Å². The van der Waals surface area contributed by atoms with E-state index in [1.807, 2.05) is 0 Å². The van der Waals surface area contributed by atoms with Crippen LogP contribution in [0.1, 0.15) is 49.9 Å². The molecule has 1 aromatic carbocycles. The van der Waals surface area contributed by atoms with Crippen molar-refractivity contribution in [3.05, 3.63) is 53.7 Å². The zero-order chi connectivity index (χ0) is 24.2. The normalized spacial score (nSPS) is 18.3. The van der Waals surface area contributed by atoms with Gasteiger partial charge in [0.05, 0.1) is 6.20 Å². The summed E-state index contributed by atoms with van der Waals surface area (Å²) in [6.45, 7) is 2.68. The monoisotopic (exact) mass is 461 g/mol. The number of benzene rings is 1. The van der Waals surface area contributed by atoms with Crippen LogP contribution in [0.25, 0.3) is 0 Å². The van der Waals surface area contributed by atoms with Crippen LogP contribution >= 0.6 is 0 Å². The number of aliphatic carboxylic acids is 1. The minimum atomic E-state index is -1.53. The maximum absolute atomic E-state index is 13.8. The van der Waals surface area contributed by atoms with Crippen LogP contribution in [0.4, 0.5) is 8.78 Å². The first-order valence-corrected chi connectivity index (χ1v) is 10.5. The molecule has 1 aliphatic carbocycles. The van der Waals surface area contributed by atoms with E-state index < -0.39 is 34.8 Å². The Labute approximate surface area is 189 Å². The van der Waals surface area contributed by atoms with Gasteiger partial charge in [-0.15, -0.1) is 0 Å². The summed E-state index contributed by atoms with van der Waals surface area (Å²) in [4.78, 5) is 40.1. The van der Waals surface area contributed by atoms with Crippen molar-refractivity contribution in [2.45, 2.75) is 51.6 Å². The highest BCUT2D eigenvalue weighted by Crippen LogP contribution is 2.26. The molecule has 0 unspecified atom stereocenters. The van der Waals surface area contributed by atoms with Crippen molar-refractivity contribution in [1.29, 1.82) is 0 Å². The third-order valence-corrected chi connectivity index (χ3v) is 5.59. The van der Waals surface area contributed by atoms with Crippen LogP contribution in [0, 0.1) is 17.0 Å². The summed E-state index contributed by atoms with van der Waals surface area (Å²) < 4.78 is 32.4. The van der Waals surface area contributed by atoms with Gasteiger partial charge in [0, 0.05) is 12.1 Å². The molecular weight excluding hydrogens is 436 g/mol. The first kappa shape index (κ1) is 24.1. The number of pyridine rings is 1. The van der Waals surface area contributed by atoms with Crippen LogP contribution in [-0.2, 0) is 9.59 Å². The highest BCUT2D eigenvalue weighted by Gasteiger charge is 2.37. The fraction of sp³-hybridized carbons (Fsp3) is 0.391. The summed E-state index contributed by atoms with van der Waals surface area (Å²) in [5, 5.41) is 14.8. The van der Waals surface area contributed by atoms with Gasteiger partial charge in [0.2, 0.25) is 11.8 Å². The van der Waals surface area contributed by atoms with Gasteiger partial charge in [-0.1, -0.05) is 0 Å². The van der Waals surface area contributed by atoms with Crippen molar-refractivity contribution >= 4 is 17.8 Å². The van der Waals surface area contributed by atoms with Gasteiger partial charge < -0.3 is 20.5 Å². The topological polar surface area (TPSA) is 118 Å². The highest BCUT2D eigenvalue weighted by atomic mass is 19.1. The van der Waals surface area contributed by atoms with Gasteiger partial charge in [0.15, 0.2) is 0 Å². The number of halogens is 2. The minimum absolute atomic E-state index is 0.0991. The lowest BCUT2D eigenvalue weighted by Gasteiger charge is -2.31. The third kappa shape index (κ3) is 6.03. The maximum atomic E-state index is 13.8. The summed E-state index contributed by atoms with van der Waals surface area (Å²) in [6.07, 6.45) is 3.10. The van der Waals surface area contributed by atoms with E-state index in [0.29, 0.717) is 25.7 Å². The van der Waals surface area contributed by atoms with Gasteiger partial charge in [-0.05, 0) is 69.9 Å². The third-order valence-electron chi connectivity index (χ3n) is 5.59. The fourth-order valence-electron chi connectivity index (χ4n) is 3.39. The minimum Gasteiger partial charge on any atom is -0.480 e. The van der Waals surface area contributed by atoms with E-state index in [1.165, 1.54) is 38.1 Å². The molecule has 0 saturated heterocycles. The molecule has 8 nitrogen and oxygen atoms in total. The number of carboxylic acid groups (broad SMARTS) is 1. The summed E-state index contributed by atoms with van der Waals surface area (Å²) in [5.74, 6) is -3.37. The molecule has 1 aromatic heterocycles. The molecule has 1 heterocycles. The van der Waals surface area contributed by atoms with Crippen LogP contribution < -0.4 is 15.4 Å². The van der Waals surface area contributed by atoms with E-state index in [1.54, 1.807) is 0 Å². The Morgan fingerprint density at radius 1 is 1.00 bits per heavy atom. The quantitative estimate of drug-likeness (QED) is 0.544. The van der Waals surface area contributed by atoms with Gasteiger partial charge in [0.1, 0.15) is 28.4 Å². The van der Waals surface area contributed by atoms with E-state index >= 15 is 0 Å². The number of aromatic nitrogens is 1.